The van der Waals surface area contributed by atoms with Crippen molar-refractivity contribution in [3.05, 3.63) is 81.0 Å². The fourth-order valence-corrected chi connectivity index (χ4v) is 6.20. The van der Waals surface area contributed by atoms with Crippen molar-refractivity contribution < 1.29 is 14.3 Å². The lowest BCUT2D eigenvalue weighted by Gasteiger charge is -2.44. The van der Waals surface area contributed by atoms with Crippen LogP contribution in [0.5, 0.6) is 5.75 Å². The third kappa shape index (κ3) is 4.02. The first-order valence-electron chi connectivity index (χ1n) is 11.2. The van der Waals surface area contributed by atoms with E-state index in [1.165, 1.54) is 0 Å². The molecular formula is C26H25ClN2O3S. The molecule has 170 valence electrons. The van der Waals surface area contributed by atoms with Gasteiger partial charge in [0.1, 0.15) is 5.75 Å². The highest BCUT2D eigenvalue weighted by atomic mass is 35.5. The lowest BCUT2D eigenvalue weighted by atomic mass is 9.80. The Balaban J connectivity index is 1.62. The van der Waals surface area contributed by atoms with Crippen LogP contribution >= 0.6 is 22.9 Å². The van der Waals surface area contributed by atoms with E-state index in [1.807, 2.05) is 46.7 Å². The summed E-state index contributed by atoms with van der Waals surface area (Å²) < 4.78 is 5.44. The van der Waals surface area contributed by atoms with Gasteiger partial charge >= 0.3 is 0 Å². The summed E-state index contributed by atoms with van der Waals surface area (Å²) in [4.78, 5) is 30.7. The number of nitrogens with one attached hydrogen (secondary N) is 1. The molecule has 2 heterocycles. The van der Waals surface area contributed by atoms with Gasteiger partial charge in [0.25, 0.3) is 5.91 Å². The van der Waals surface area contributed by atoms with Crippen molar-refractivity contribution in [1.29, 1.82) is 0 Å². The number of hydrogen-bond acceptors (Lipinski definition) is 4. The number of rotatable bonds is 5. The highest BCUT2D eigenvalue weighted by Crippen LogP contribution is 2.47. The molecule has 5 rings (SSSR count). The summed E-state index contributed by atoms with van der Waals surface area (Å²) in [5.41, 5.74) is 1.88. The maximum atomic E-state index is 13.9. The number of thiophene rings is 1. The van der Waals surface area contributed by atoms with Crippen LogP contribution in [0.2, 0.25) is 5.02 Å². The van der Waals surface area contributed by atoms with Gasteiger partial charge in [-0.25, -0.2) is 0 Å². The third-order valence-electron chi connectivity index (χ3n) is 6.63. The second-order valence-electron chi connectivity index (χ2n) is 8.51. The second kappa shape index (κ2) is 9.20. The highest BCUT2D eigenvalue weighted by molar-refractivity contribution is 7.10. The molecule has 2 atom stereocenters. The monoisotopic (exact) mass is 480 g/mol. The summed E-state index contributed by atoms with van der Waals surface area (Å²) in [7, 11) is 1.56. The van der Waals surface area contributed by atoms with E-state index in [4.69, 9.17) is 16.3 Å². The van der Waals surface area contributed by atoms with Crippen molar-refractivity contribution in [2.24, 2.45) is 0 Å². The molecule has 7 heteroatoms. The van der Waals surface area contributed by atoms with Gasteiger partial charge in [-0.1, -0.05) is 48.7 Å². The van der Waals surface area contributed by atoms with Crippen LogP contribution in [0, 0.1) is 0 Å². The molecule has 33 heavy (non-hydrogen) atoms. The predicted octanol–water partition coefficient (Wildman–Crippen LogP) is 6.27. The summed E-state index contributed by atoms with van der Waals surface area (Å²) >= 11 is 7.79. The van der Waals surface area contributed by atoms with Gasteiger partial charge in [0.15, 0.2) is 0 Å². The number of fused-ring (bicyclic) bond motifs is 1. The molecule has 1 saturated carbocycles. The summed E-state index contributed by atoms with van der Waals surface area (Å²) in [6, 6.07) is 16.4. The quantitative estimate of drug-likeness (QED) is 0.468. The molecule has 0 unspecified atom stereocenters. The maximum Gasteiger partial charge on any atom is 0.254 e. The number of anilines is 1. The van der Waals surface area contributed by atoms with Gasteiger partial charge in [-0.3, -0.25) is 9.59 Å². The van der Waals surface area contributed by atoms with E-state index in [1.54, 1.807) is 36.6 Å². The van der Waals surface area contributed by atoms with Crippen molar-refractivity contribution in [3.8, 4) is 5.75 Å². The Morgan fingerprint density at radius 3 is 2.64 bits per heavy atom. The Morgan fingerprint density at radius 1 is 1.12 bits per heavy atom. The molecule has 2 aromatic carbocycles. The molecule has 0 spiro atoms. The van der Waals surface area contributed by atoms with E-state index in [0.717, 1.165) is 36.1 Å². The first-order valence-corrected chi connectivity index (χ1v) is 12.4. The summed E-state index contributed by atoms with van der Waals surface area (Å²) in [6.45, 7) is 0. The minimum atomic E-state index is -0.554. The zero-order valence-corrected chi connectivity index (χ0v) is 19.9. The molecule has 1 aliphatic heterocycles. The zero-order valence-electron chi connectivity index (χ0n) is 18.3. The molecule has 5 nitrogen and oxygen atoms in total. The minimum absolute atomic E-state index is 0.0142. The number of halogens is 1. The van der Waals surface area contributed by atoms with Gasteiger partial charge in [0, 0.05) is 21.5 Å². The van der Waals surface area contributed by atoms with Crippen molar-refractivity contribution in [3.63, 3.8) is 0 Å². The van der Waals surface area contributed by atoms with Crippen molar-refractivity contribution in [1.82, 2.24) is 4.90 Å². The van der Waals surface area contributed by atoms with Gasteiger partial charge in [0.2, 0.25) is 5.91 Å². The zero-order chi connectivity index (χ0) is 22.9. The molecule has 1 fully saturated rings. The smallest absolute Gasteiger partial charge is 0.254 e. The lowest BCUT2D eigenvalue weighted by Crippen LogP contribution is -2.49. The summed E-state index contributed by atoms with van der Waals surface area (Å²) in [5, 5.41) is 5.56. The Hall–Kier alpha value is -2.83. The number of benzene rings is 2. The molecule has 0 saturated heterocycles. The standard InChI is InChI=1S/C26H25ClN2O3S/c1-32-21-13-12-16(27)15-20(21)28-25(30)23-18-9-4-5-10-19(18)26(31)29(17-7-2-3-8-17)24(23)22-11-6-14-33-22/h4-6,9-15,17,23-24H,2-3,7-8H2,1H3,(H,28,30)/t23-,24-/m0/s1. The maximum absolute atomic E-state index is 13.9. The van der Waals surface area contributed by atoms with Gasteiger partial charge < -0.3 is 15.0 Å². The SMILES string of the molecule is COc1ccc(Cl)cc1NC(=O)[C@H]1c2ccccc2C(=O)N(C2CCCC2)[C@H]1c1cccs1. The number of nitrogens with zero attached hydrogens (tertiary/aromatic N) is 1. The van der Waals surface area contributed by atoms with Gasteiger partial charge in [0.05, 0.1) is 24.8 Å². The Bertz CT molecular complexity index is 1170. The number of hydrogen-bond donors (Lipinski definition) is 1. The fourth-order valence-electron chi connectivity index (χ4n) is 5.17. The average molecular weight is 481 g/mol. The molecule has 1 N–H and O–H groups in total. The van der Waals surface area contributed by atoms with Gasteiger partial charge in [-0.05, 0) is 54.1 Å². The second-order valence-corrected chi connectivity index (χ2v) is 9.93. The number of amides is 2. The first-order chi connectivity index (χ1) is 16.1. The van der Waals surface area contributed by atoms with E-state index in [-0.39, 0.29) is 23.9 Å². The van der Waals surface area contributed by atoms with E-state index in [0.29, 0.717) is 22.0 Å². The van der Waals surface area contributed by atoms with E-state index >= 15 is 0 Å². The van der Waals surface area contributed by atoms with Gasteiger partial charge in [-0.2, -0.15) is 0 Å². The minimum Gasteiger partial charge on any atom is -0.495 e. The van der Waals surface area contributed by atoms with E-state index < -0.39 is 5.92 Å². The lowest BCUT2D eigenvalue weighted by molar-refractivity contribution is -0.119. The first kappa shape index (κ1) is 22.0. The largest absolute Gasteiger partial charge is 0.495 e. The Morgan fingerprint density at radius 2 is 1.91 bits per heavy atom. The van der Waals surface area contributed by atoms with Crippen molar-refractivity contribution in [2.75, 3.05) is 12.4 Å². The highest BCUT2D eigenvalue weighted by Gasteiger charge is 2.47. The molecule has 0 bridgehead atoms. The molecule has 1 aliphatic carbocycles. The van der Waals surface area contributed by atoms with Crippen LogP contribution in [-0.4, -0.2) is 29.9 Å². The number of methoxy groups -OCH3 is 1. The van der Waals surface area contributed by atoms with Crippen LogP contribution < -0.4 is 10.1 Å². The molecular weight excluding hydrogens is 456 g/mol. The molecule has 1 aromatic heterocycles. The Kier molecular flexibility index (Phi) is 6.13. The van der Waals surface area contributed by atoms with Crippen LogP contribution in [0.15, 0.2) is 60.0 Å². The average Bonchev–Trinajstić information content (AvgIpc) is 3.53. The summed E-state index contributed by atoms with van der Waals surface area (Å²) in [5.74, 6) is -0.188. The topological polar surface area (TPSA) is 58.6 Å². The molecule has 2 aliphatic rings. The number of carbonyl (C=O) groups excluding carboxylic acids is 2. The molecule has 0 radical (unpaired) electrons. The van der Waals surface area contributed by atoms with Crippen LogP contribution in [0.25, 0.3) is 0 Å². The third-order valence-corrected chi connectivity index (χ3v) is 7.81. The van der Waals surface area contributed by atoms with Crippen molar-refractivity contribution in [2.45, 2.75) is 43.7 Å². The van der Waals surface area contributed by atoms with E-state index in [2.05, 4.69) is 5.32 Å². The normalized spacial score (nSPS) is 20.5. The van der Waals surface area contributed by atoms with Crippen LogP contribution in [-0.2, 0) is 4.79 Å². The van der Waals surface area contributed by atoms with Crippen LogP contribution in [0.3, 0.4) is 0 Å². The Labute approximate surface area is 202 Å². The van der Waals surface area contributed by atoms with Crippen molar-refractivity contribution >= 4 is 40.4 Å². The number of ether oxygens (including phenoxy) is 1. The van der Waals surface area contributed by atoms with Gasteiger partial charge in [-0.15, -0.1) is 11.3 Å². The fraction of sp³-hybridized carbons (Fsp3) is 0.308. The summed E-state index contributed by atoms with van der Waals surface area (Å²) in [6.07, 6.45) is 4.13. The van der Waals surface area contributed by atoms with Crippen LogP contribution in [0.4, 0.5) is 5.69 Å². The molecule has 3 aromatic rings. The molecule has 2 amide bonds. The van der Waals surface area contributed by atoms with E-state index in [9.17, 15) is 9.59 Å². The predicted molar refractivity (Wildman–Crippen MR) is 131 cm³/mol. The number of carbonyl (C=O) groups is 2. The van der Waals surface area contributed by atoms with Crippen LogP contribution in [0.1, 0.15) is 58.4 Å².